The van der Waals surface area contributed by atoms with Gasteiger partial charge < -0.3 is 14.8 Å². The average molecular weight is 347 g/mol. The lowest BCUT2D eigenvalue weighted by molar-refractivity contribution is -0.124. The lowest BCUT2D eigenvalue weighted by Gasteiger charge is -2.37. The van der Waals surface area contributed by atoms with E-state index < -0.39 is 0 Å². The van der Waals surface area contributed by atoms with Crippen LogP contribution in [0.4, 0.5) is 5.69 Å². The molecule has 1 amide bonds. The Morgan fingerprint density at radius 2 is 1.60 bits per heavy atom. The quantitative estimate of drug-likeness (QED) is 0.869. The number of para-hydroxylation sites is 1. The molecule has 0 aromatic heterocycles. The van der Waals surface area contributed by atoms with E-state index in [0.717, 1.165) is 62.8 Å². The molecule has 0 spiro atoms. The van der Waals surface area contributed by atoms with Gasteiger partial charge in [0.05, 0.1) is 26.4 Å². The highest BCUT2D eigenvalue weighted by Gasteiger charge is 2.30. The predicted octanol–water partition coefficient (Wildman–Crippen LogP) is 1.27. The fourth-order valence-electron chi connectivity index (χ4n) is 3.50. The number of hydrogen-bond acceptors (Lipinski definition) is 5. The highest BCUT2D eigenvalue weighted by atomic mass is 16.5. The number of aryl methyl sites for hydroxylation is 2. The van der Waals surface area contributed by atoms with E-state index in [1.54, 1.807) is 0 Å². The molecule has 0 aliphatic carbocycles. The first kappa shape index (κ1) is 18.3. The van der Waals surface area contributed by atoms with Crippen molar-refractivity contribution in [2.45, 2.75) is 19.9 Å². The fourth-order valence-corrected chi connectivity index (χ4v) is 3.50. The maximum atomic E-state index is 13.1. The fraction of sp³-hybridized carbons (Fsp3) is 0.632. The third-order valence-corrected chi connectivity index (χ3v) is 5.05. The first-order chi connectivity index (χ1) is 12.1. The molecule has 2 fully saturated rings. The van der Waals surface area contributed by atoms with Crippen LogP contribution in [0.5, 0.6) is 0 Å². The zero-order valence-electron chi connectivity index (χ0n) is 15.3. The van der Waals surface area contributed by atoms with Gasteiger partial charge in [0.15, 0.2) is 0 Å². The molecule has 2 saturated heterocycles. The lowest BCUT2D eigenvalue weighted by Crippen LogP contribution is -2.55. The summed E-state index contributed by atoms with van der Waals surface area (Å²) in [7, 11) is 0. The van der Waals surface area contributed by atoms with Crippen LogP contribution in [0.2, 0.25) is 0 Å². The number of rotatable bonds is 5. The largest absolute Gasteiger partial charge is 0.379 e. The standard InChI is InChI=1S/C19H29N3O3/c1-15-4-3-5-16(2)18(15)20-19(23)17(22-8-12-25-13-9-22)14-21-6-10-24-11-7-21/h3-5,17H,6-14H2,1-2H3,(H,20,23). The number of nitrogens with zero attached hydrogens (tertiary/aromatic N) is 2. The number of amides is 1. The zero-order chi connectivity index (χ0) is 17.6. The number of morpholine rings is 2. The maximum Gasteiger partial charge on any atom is 0.243 e. The second-order valence-electron chi connectivity index (χ2n) is 6.83. The number of carbonyl (C=O) groups is 1. The Kier molecular flexibility index (Phi) is 6.42. The number of anilines is 1. The highest BCUT2D eigenvalue weighted by Crippen LogP contribution is 2.20. The monoisotopic (exact) mass is 347 g/mol. The topological polar surface area (TPSA) is 54.0 Å². The summed E-state index contributed by atoms with van der Waals surface area (Å²) in [6, 6.07) is 5.93. The van der Waals surface area contributed by atoms with E-state index >= 15 is 0 Å². The molecular weight excluding hydrogens is 318 g/mol. The van der Waals surface area contributed by atoms with Crippen molar-refractivity contribution in [2.24, 2.45) is 0 Å². The number of nitrogens with one attached hydrogen (secondary N) is 1. The molecule has 0 radical (unpaired) electrons. The summed E-state index contributed by atoms with van der Waals surface area (Å²) in [5.74, 6) is 0.0748. The van der Waals surface area contributed by atoms with Crippen LogP contribution in [0, 0.1) is 13.8 Å². The van der Waals surface area contributed by atoms with Gasteiger partial charge >= 0.3 is 0 Å². The van der Waals surface area contributed by atoms with Crippen molar-refractivity contribution in [3.63, 3.8) is 0 Å². The van der Waals surface area contributed by atoms with Crippen LogP contribution in [-0.4, -0.2) is 80.9 Å². The predicted molar refractivity (Wildman–Crippen MR) is 98.0 cm³/mol. The van der Waals surface area contributed by atoms with Crippen LogP contribution in [-0.2, 0) is 14.3 Å². The molecule has 0 saturated carbocycles. The van der Waals surface area contributed by atoms with E-state index in [-0.39, 0.29) is 11.9 Å². The summed E-state index contributed by atoms with van der Waals surface area (Å²) in [6.45, 7) is 11.1. The van der Waals surface area contributed by atoms with Crippen LogP contribution < -0.4 is 5.32 Å². The van der Waals surface area contributed by atoms with Gasteiger partial charge in [0.25, 0.3) is 0 Å². The van der Waals surface area contributed by atoms with E-state index in [9.17, 15) is 4.79 Å². The summed E-state index contributed by atoms with van der Waals surface area (Å²) in [6.07, 6.45) is 0. The first-order valence-electron chi connectivity index (χ1n) is 9.14. The van der Waals surface area contributed by atoms with E-state index in [2.05, 4.69) is 15.1 Å². The molecule has 1 aromatic carbocycles. The van der Waals surface area contributed by atoms with Gasteiger partial charge in [0.2, 0.25) is 5.91 Å². The van der Waals surface area contributed by atoms with Gasteiger partial charge in [0, 0.05) is 38.4 Å². The first-order valence-corrected chi connectivity index (χ1v) is 9.14. The molecule has 1 atom stereocenters. The molecule has 6 heteroatoms. The number of hydrogen-bond donors (Lipinski definition) is 1. The Labute approximate surface area is 150 Å². The van der Waals surface area contributed by atoms with E-state index in [0.29, 0.717) is 13.2 Å². The molecule has 1 aromatic rings. The second-order valence-corrected chi connectivity index (χ2v) is 6.83. The smallest absolute Gasteiger partial charge is 0.243 e. The summed E-state index contributed by atoms with van der Waals surface area (Å²) in [4.78, 5) is 17.7. The Hall–Kier alpha value is -1.47. The van der Waals surface area contributed by atoms with E-state index in [1.165, 1.54) is 0 Å². The van der Waals surface area contributed by atoms with Crippen LogP contribution >= 0.6 is 0 Å². The summed E-state index contributed by atoms with van der Waals surface area (Å²) in [5.41, 5.74) is 3.13. The van der Waals surface area contributed by atoms with Gasteiger partial charge in [0.1, 0.15) is 6.04 Å². The highest BCUT2D eigenvalue weighted by molar-refractivity contribution is 5.96. The van der Waals surface area contributed by atoms with Gasteiger partial charge in [-0.15, -0.1) is 0 Å². The minimum Gasteiger partial charge on any atom is -0.379 e. The third kappa shape index (κ3) is 4.79. The van der Waals surface area contributed by atoms with Gasteiger partial charge in [-0.05, 0) is 25.0 Å². The van der Waals surface area contributed by atoms with Gasteiger partial charge in [-0.25, -0.2) is 0 Å². The number of ether oxygens (including phenoxy) is 2. The van der Waals surface area contributed by atoms with Gasteiger partial charge in [-0.3, -0.25) is 14.6 Å². The Morgan fingerprint density at radius 3 is 2.20 bits per heavy atom. The normalized spacial score (nSPS) is 21.0. The molecule has 1 unspecified atom stereocenters. The number of carbonyl (C=O) groups excluding carboxylic acids is 1. The van der Waals surface area contributed by atoms with Crippen molar-refractivity contribution in [3.05, 3.63) is 29.3 Å². The SMILES string of the molecule is Cc1cccc(C)c1NC(=O)C(CN1CCOCC1)N1CCOCC1. The molecular formula is C19H29N3O3. The average Bonchev–Trinajstić information content (AvgIpc) is 2.64. The third-order valence-electron chi connectivity index (χ3n) is 5.05. The van der Waals surface area contributed by atoms with Gasteiger partial charge in [-0.1, -0.05) is 18.2 Å². The van der Waals surface area contributed by atoms with E-state index in [1.807, 2.05) is 32.0 Å². The Bertz CT molecular complexity index is 561. The van der Waals surface area contributed by atoms with Gasteiger partial charge in [-0.2, -0.15) is 0 Å². The Balaban J connectivity index is 1.73. The number of benzene rings is 1. The van der Waals surface area contributed by atoms with Crippen molar-refractivity contribution in [1.29, 1.82) is 0 Å². The van der Waals surface area contributed by atoms with Crippen molar-refractivity contribution in [1.82, 2.24) is 9.80 Å². The summed E-state index contributed by atoms with van der Waals surface area (Å²) in [5, 5.41) is 3.19. The van der Waals surface area contributed by atoms with Crippen LogP contribution in [0.25, 0.3) is 0 Å². The van der Waals surface area contributed by atoms with Crippen molar-refractivity contribution in [3.8, 4) is 0 Å². The molecule has 6 nitrogen and oxygen atoms in total. The van der Waals surface area contributed by atoms with E-state index in [4.69, 9.17) is 9.47 Å². The summed E-state index contributed by atoms with van der Waals surface area (Å²) < 4.78 is 10.9. The lowest BCUT2D eigenvalue weighted by atomic mass is 10.1. The van der Waals surface area contributed by atoms with Crippen LogP contribution in [0.3, 0.4) is 0 Å². The van der Waals surface area contributed by atoms with Crippen molar-refractivity contribution >= 4 is 11.6 Å². The summed E-state index contributed by atoms with van der Waals surface area (Å²) >= 11 is 0. The minimum absolute atomic E-state index is 0.0748. The molecule has 25 heavy (non-hydrogen) atoms. The van der Waals surface area contributed by atoms with Crippen molar-refractivity contribution in [2.75, 3.05) is 64.5 Å². The molecule has 138 valence electrons. The second kappa shape index (κ2) is 8.76. The van der Waals surface area contributed by atoms with Crippen LogP contribution in [0.1, 0.15) is 11.1 Å². The molecule has 0 bridgehead atoms. The molecule has 3 rings (SSSR count). The molecule has 2 aliphatic heterocycles. The Morgan fingerprint density at radius 1 is 1.04 bits per heavy atom. The zero-order valence-corrected chi connectivity index (χ0v) is 15.3. The maximum absolute atomic E-state index is 13.1. The molecule has 2 aliphatic rings. The molecule has 2 heterocycles. The van der Waals surface area contributed by atoms with Crippen LogP contribution in [0.15, 0.2) is 18.2 Å². The minimum atomic E-state index is -0.166. The van der Waals surface area contributed by atoms with Crippen molar-refractivity contribution < 1.29 is 14.3 Å². The molecule has 1 N–H and O–H groups in total.